The lowest BCUT2D eigenvalue weighted by atomic mass is 10.1. The van der Waals surface area contributed by atoms with Crippen molar-refractivity contribution < 1.29 is 28.6 Å². The lowest BCUT2D eigenvalue weighted by Gasteiger charge is -2.18. The topological polar surface area (TPSA) is 78.9 Å². The van der Waals surface area contributed by atoms with Crippen molar-refractivity contribution in [3.05, 3.63) is 85.1 Å². The lowest BCUT2D eigenvalue weighted by Crippen LogP contribution is -2.30. The molecule has 0 aromatic rings. The van der Waals surface area contributed by atoms with Gasteiger partial charge in [-0.1, -0.05) is 138 Å². The molecule has 0 spiro atoms. The van der Waals surface area contributed by atoms with E-state index in [2.05, 4.69) is 93.7 Å². The van der Waals surface area contributed by atoms with E-state index in [1.165, 1.54) is 25.7 Å². The van der Waals surface area contributed by atoms with E-state index in [0.717, 1.165) is 83.5 Å². The summed E-state index contributed by atoms with van der Waals surface area (Å²) in [5, 5.41) is 0. The molecule has 0 N–H and O–H groups in total. The highest BCUT2D eigenvalue weighted by Crippen LogP contribution is 2.09. The Morgan fingerprint density at radius 3 is 1.40 bits per heavy atom. The van der Waals surface area contributed by atoms with E-state index in [9.17, 15) is 14.4 Å². The maximum atomic E-state index is 12.5. The summed E-state index contributed by atoms with van der Waals surface area (Å²) in [6.45, 7) is 6.18. The van der Waals surface area contributed by atoms with E-state index < -0.39 is 12.1 Å². The molecule has 0 aromatic carbocycles. The molecule has 0 heterocycles. The second-order valence-electron chi connectivity index (χ2n) is 12.4. The zero-order chi connectivity index (χ0) is 36.6. The maximum absolute atomic E-state index is 12.5. The van der Waals surface area contributed by atoms with Crippen LogP contribution in [0.4, 0.5) is 0 Å². The molecule has 0 fully saturated rings. The summed E-state index contributed by atoms with van der Waals surface area (Å²) in [4.78, 5) is 37.3. The van der Waals surface area contributed by atoms with Gasteiger partial charge in [0.05, 0.1) is 6.42 Å². The molecule has 6 heteroatoms. The average molecular weight is 695 g/mol. The summed E-state index contributed by atoms with van der Waals surface area (Å²) < 4.78 is 16.4. The van der Waals surface area contributed by atoms with E-state index in [-0.39, 0.29) is 38.0 Å². The third-order valence-electron chi connectivity index (χ3n) is 7.65. The van der Waals surface area contributed by atoms with Gasteiger partial charge in [-0.3, -0.25) is 14.4 Å². The molecule has 0 aromatic heterocycles. The van der Waals surface area contributed by atoms with Crippen LogP contribution in [0.25, 0.3) is 0 Å². The first kappa shape index (κ1) is 46.6. The molecule has 0 radical (unpaired) electrons. The maximum Gasteiger partial charge on any atom is 0.310 e. The summed E-state index contributed by atoms with van der Waals surface area (Å²) in [6, 6.07) is 0. The molecule has 0 bridgehead atoms. The quantitative estimate of drug-likeness (QED) is 0.0294. The summed E-state index contributed by atoms with van der Waals surface area (Å²) >= 11 is 0. The molecule has 0 saturated heterocycles. The van der Waals surface area contributed by atoms with Crippen molar-refractivity contribution in [2.75, 3.05) is 13.2 Å². The lowest BCUT2D eigenvalue weighted by molar-refractivity contribution is -0.166. The van der Waals surface area contributed by atoms with Gasteiger partial charge in [0.15, 0.2) is 6.10 Å². The molecular formula is C44H70O6. The smallest absolute Gasteiger partial charge is 0.310 e. The summed E-state index contributed by atoms with van der Waals surface area (Å²) in [7, 11) is 0. The third-order valence-corrected chi connectivity index (χ3v) is 7.65. The van der Waals surface area contributed by atoms with Crippen molar-refractivity contribution >= 4 is 17.9 Å². The van der Waals surface area contributed by atoms with Crippen molar-refractivity contribution in [2.24, 2.45) is 0 Å². The number of rotatable bonds is 33. The van der Waals surface area contributed by atoms with E-state index >= 15 is 0 Å². The van der Waals surface area contributed by atoms with Gasteiger partial charge in [0.2, 0.25) is 0 Å². The second-order valence-corrected chi connectivity index (χ2v) is 12.4. The van der Waals surface area contributed by atoms with Crippen LogP contribution in [0, 0.1) is 0 Å². The Bertz CT molecular complexity index is 1030. The minimum absolute atomic E-state index is 0.0925. The van der Waals surface area contributed by atoms with Gasteiger partial charge in [-0.15, -0.1) is 0 Å². The first-order chi connectivity index (χ1) is 24.5. The number of ether oxygens (including phenoxy) is 3. The zero-order valence-corrected chi connectivity index (χ0v) is 31.9. The van der Waals surface area contributed by atoms with Crippen molar-refractivity contribution in [1.82, 2.24) is 0 Å². The largest absolute Gasteiger partial charge is 0.462 e. The highest BCUT2D eigenvalue weighted by Gasteiger charge is 2.19. The number of hydrogen-bond acceptors (Lipinski definition) is 6. The SMILES string of the molecule is CC/C=C\C/C=C\C/C=C\CCCCCCC(=O)OCC(COC(=O)CCC/C=C\CCCCCC)OC(=O)C/C=C\C/C=C\C/C=C\CC. The highest BCUT2D eigenvalue weighted by atomic mass is 16.6. The first-order valence-corrected chi connectivity index (χ1v) is 19.6. The van der Waals surface area contributed by atoms with Crippen LogP contribution in [0.2, 0.25) is 0 Å². The fourth-order valence-electron chi connectivity index (χ4n) is 4.76. The fraction of sp³-hybridized carbons (Fsp3) is 0.614. The van der Waals surface area contributed by atoms with Crippen LogP contribution in [0.1, 0.15) is 156 Å². The van der Waals surface area contributed by atoms with E-state index in [1.54, 1.807) is 6.08 Å². The van der Waals surface area contributed by atoms with Gasteiger partial charge in [0.25, 0.3) is 0 Å². The molecule has 282 valence electrons. The number of allylic oxidation sites excluding steroid dienone is 13. The molecule has 50 heavy (non-hydrogen) atoms. The van der Waals surface area contributed by atoms with Gasteiger partial charge in [-0.05, 0) is 83.5 Å². The van der Waals surface area contributed by atoms with Crippen LogP contribution in [0.5, 0.6) is 0 Å². The van der Waals surface area contributed by atoms with Gasteiger partial charge in [-0.2, -0.15) is 0 Å². The van der Waals surface area contributed by atoms with Crippen LogP contribution in [-0.4, -0.2) is 37.2 Å². The van der Waals surface area contributed by atoms with Gasteiger partial charge in [0.1, 0.15) is 13.2 Å². The number of esters is 3. The van der Waals surface area contributed by atoms with Crippen LogP contribution in [0.15, 0.2) is 85.1 Å². The van der Waals surface area contributed by atoms with E-state index in [1.807, 2.05) is 6.08 Å². The molecule has 0 aliphatic heterocycles. The monoisotopic (exact) mass is 695 g/mol. The molecular weight excluding hydrogens is 624 g/mol. The Hall–Kier alpha value is -3.41. The third kappa shape index (κ3) is 35.9. The fourth-order valence-corrected chi connectivity index (χ4v) is 4.76. The second kappa shape index (κ2) is 38.4. The van der Waals surface area contributed by atoms with Crippen LogP contribution in [-0.2, 0) is 28.6 Å². The molecule has 0 saturated carbocycles. The molecule has 0 aliphatic rings. The predicted molar refractivity (Wildman–Crippen MR) is 210 cm³/mol. The van der Waals surface area contributed by atoms with Crippen molar-refractivity contribution in [2.45, 2.75) is 162 Å². The van der Waals surface area contributed by atoms with Gasteiger partial charge in [-0.25, -0.2) is 0 Å². The van der Waals surface area contributed by atoms with Crippen LogP contribution < -0.4 is 0 Å². The number of hydrogen-bond donors (Lipinski definition) is 0. The molecule has 6 nitrogen and oxygen atoms in total. The van der Waals surface area contributed by atoms with Crippen molar-refractivity contribution in [1.29, 1.82) is 0 Å². The Morgan fingerprint density at radius 2 is 0.860 bits per heavy atom. The average Bonchev–Trinajstić information content (AvgIpc) is 3.11. The zero-order valence-electron chi connectivity index (χ0n) is 31.9. The number of carbonyl (C=O) groups excluding carboxylic acids is 3. The van der Waals surface area contributed by atoms with Gasteiger partial charge in [0, 0.05) is 12.8 Å². The normalized spacial score (nSPS) is 12.9. The molecule has 0 amide bonds. The minimum Gasteiger partial charge on any atom is -0.462 e. The minimum atomic E-state index is -0.841. The Balaban J connectivity index is 4.52. The Labute approximate surface area is 305 Å². The number of carbonyl (C=O) groups is 3. The van der Waals surface area contributed by atoms with Crippen LogP contribution >= 0.6 is 0 Å². The first-order valence-electron chi connectivity index (χ1n) is 19.6. The van der Waals surface area contributed by atoms with Crippen molar-refractivity contribution in [3.63, 3.8) is 0 Å². The predicted octanol–water partition coefficient (Wildman–Crippen LogP) is 12.1. The molecule has 0 aliphatic carbocycles. The summed E-state index contributed by atoms with van der Waals surface area (Å²) in [5.41, 5.74) is 0. The Morgan fingerprint density at radius 1 is 0.440 bits per heavy atom. The molecule has 1 atom stereocenters. The van der Waals surface area contributed by atoms with Gasteiger partial charge >= 0.3 is 17.9 Å². The number of unbranched alkanes of at least 4 members (excludes halogenated alkanes) is 9. The van der Waals surface area contributed by atoms with E-state index in [0.29, 0.717) is 12.8 Å². The molecule has 0 rings (SSSR count). The summed E-state index contributed by atoms with van der Waals surface area (Å²) in [5.74, 6) is -1.13. The van der Waals surface area contributed by atoms with Crippen molar-refractivity contribution in [3.8, 4) is 0 Å². The van der Waals surface area contributed by atoms with Crippen LogP contribution in [0.3, 0.4) is 0 Å². The highest BCUT2D eigenvalue weighted by molar-refractivity contribution is 5.72. The van der Waals surface area contributed by atoms with Gasteiger partial charge < -0.3 is 14.2 Å². The molecule has 1 unspecified atom stereocenters. The standard InChI is InChI=1S/C44H70O6/c1-4-7-10-13-16-19-20-21-22-23-26-28-31-34-37-43(46)49-40-41(50-44(47)38-35-32-29-25-18-15-12-9-6-3)39-48-42(45)36-33-30-27-24-17-14-11-8-5-2/h7,9-10,12,16,18-19,21-22,24-25,27,32,35,41H,4-6,8,11,13-15,17,20,23,26,28-31,33-34,36-40H2,1-3H3/b10-7-,12-9-,19-16-,22-21-,25-18-,27-24-,35-32-. The summed E-state index contributed by atoms with van der Waals surface area (Å²) in [6.07, 6.45) is 47.6. The van der Waals surface area contributed by atoms with E-state index in [4.69, 9.17) is 14.2 Å². The Kier molecular flexibility index (Phi) is 35.8.